The van der Waals surface area contributed by atoms with E-state index in [4.69, 9.17) is 0 Å². The van der Waals surface area contributed by atoms with Gasteiger partial charge in [0.15, 0.2) is 0 Å². The molecule has 0 bridgehead atoms. The Morgan fingerprint density at radius 2 is 2.17 bits per heavy atom. The maximum atomic E-state index is 10.5. The van der Waals surface area contributed by atoms with Gasteiger partial charge in [-0.2, -0.15) is 0 Å². The van der Waals surface area contributed by atoms with Gasteiger partial charge < -0.3 is 4.90 Å². The molecule has 0 amide bonds. The number of nitro groups is 1. The molecule has 18 heavy (non-hydrogen) atoms. The van der Waals surface area contributed by atoms with Gasteiger partial charge in [-0.1, -0.05) is 6.07 Å². The molecule has 0 aliphatic carbocycles. The van der Waals surface area contributed by atoms with Gasteiger partial charge in [0.2, 0.25) is 0 Å². The van der Waals surface area contributed by atoms with Crippen LogP contribution >= 0.6 is 0 Å². The fourth-order valence-corrected chi connectivity index (χ4v) is 1.56. The number of nitrogens with zero attached hydrogens (tertiary/aromatic N) is 4. The normalized spacial score (nSPS) is 10.1. The molecule has 0 unspecified atom stereocenters. The lowest BCUT2D eigenvalue weighted by Gasteiger charge is -2.17. The van der Waals surface area contributed by atoms with Gasteiger partial charge in [0, 0.05) is 32.1 Å². The predicted octanol–water partition coefficient (Wildman–Crippen LogP) is 2.02. The van der Waals surface area contributed by atoms with Crippen molar-refractivity contribution in [1.82, 2.24) is 9.97 Å². The third-order valence-corrected chi connectivity index (χ3v) is 2.48. The molecule has 0 spiro atoms. The van der Waals surface area contributed by atoms with Crippen LogP contribution < -0.4 is 4.90 Å². The molecule has 2 rings (SSSR count). The van der Waals surface area contributed by atoms with Crippen LogP contribution in [0.5, 0.6) is 0 Å². The van der Waals surface area contributed by atoms with Crippen molar-refractivity contribution in [2.45, 2.75) is 6.54 Å². The first-order chi connectivity index (χ1) is 8.66. The molecule has 0 saturated carbocycles. The smallest absolute Gasteiger partial charge is 0.287 e. The zero-order chi connectivity index (χ0) is 13.0. The minimum atomic E-state index is -0.460. The Labute approximate surface area is 104 Å². The molecular formula is C12H12N4O2. The Morgan fingerprint density at radius 1 is 1.33 bits per heavy atom. The molecule has 2 aromatic rings. The topological polar surface area (TPSA) is 72.2 Å². The van der Waals surface area contributed by atoms with Crippen LogP contribution in [0.1, 0.15) is 5.56 Å². The van der Waals surface area contributed by atoms with E-state index in [0.717, 1.165) is 5.56 Å². The van der Waals surface area contributed by atoms with Crippen LogP contribution in [0.3, 0.4) is 0 Å². The second-order valence-corrected chi connectivity index (χ2v) is 3.85. The highest BCUT2D eigenvalue weighted by atomic mass is 16.6. The highest BCUT2D eigenvalue weighted by Crippen LogP contribution is 2.16. The van der Waals surface area contributed by atoms with Crippen LogP contribution in [0.2, 0.25) is 0 Å². The van der Waals surface area contributed by atoms with E-state index >= 15 is 0 Å². The Hall–Kier alpha value is -2.50. The maximum Gasteiger partial charge on any atom is 0.287 e. The summed E-state index contributed by atoms with van der Waals surface area (Å²) >= 11 is 0. The Morgan fingerprint density at radius 3 is 2.72 bits per heavy atom. The number of pyridine rings is 2. The standard InChI is InChI=1S/C12H12N4O2/c1-15(9-10-3-2-6-13-7-10)12-5-4-11(8-14-12)16(17)18/h2-8H,9H2,1H3. The van der Waals surface area contributed by atoms with Crippen LogP contribution in [0, 0.1) is 10.1 Å². The van der Waals surface area contributed by atoms with Crippen molar-refractivity contribution in [3.63, 3.8) is 0 Å². The first kappa shape index (κ1) is 12.0. The van der Waals surface area contributed by atoms with Gasteiger partial charge in [0.1, 0.15) is 12.0 Å². The zero-order valence-corrected chi connectivity index (χ0v) is 9.85. The second-order valence-electron chi connectivity index (χ2n) is 3.85. The first-order valence-corrected chi connectivity index (χ1v) is 5.37. The SMILES string of the molecule is CN(Cc1cccnc1)c1ccc([N+](=O)[O-])cn1. The van der Waals surface area contributed by atoms with E-state index in [-0.39, 0.29) is 5.69 Å². The van der Waals surface area contributed by atoms with Crippen LogP contribution in [-0.4, -0.2) is 21.9 Å². The van der Waals surface area contributed by atoms with Crippen molar-refractivity contribution in [3.8, 4) is 0 Å². The summed E-state index contributed by atoms with van der Waals surface area (Å²) in [4.78, 5) is 20.1. The molecular weight excluding hydrogens is 232 g/mol. The monoisotopic (exact) mass is 244 g/mol. The third-order valence-electron chi connectivity index (χ3n) is 2.48. The van der Waals surface area contributed by atoms with Gasteiger partial charge in [-0.25, -0.2) is 4.98 Å². The molecule has 0 atom stereocenters. The van der Waals surface area contributed by atoms with Crippen molar-refractivity contribution in [2.75, 3.05) is 11.9 Å². The quantitative estimate of drug-likeness (QED) is 0.607. The molecule has 2 aromatic heterocycles. The molecule has 0 aliphatic heterocycles. The van der Waals surface area contributed by atoms with Crippen LogP contribution in [0.15, 0.2) is 42.9 Å². The van der Waals surface area contributed by atoms with Crippen molar-refractivity contribution in [2.24, 2.45) is 0 Å². The molecule has 0 fully saturated rings. The lowest BCUT2D eigenvalue weighted by molar-refractivity contribution is -0.385. The summed E-state index contributed by atoms with van der Waals surface area (Å²) in [6.07, 6.45) is 4.75. The van der Waals surface area contributed by atoms with Crippen molar-refractivity contribution in [1.29, 1.82) is 0 Å². The fraction of sp³-hybridized carbons (Fsp3) is 0.167. The number of anilines is 1. The Bertz CT molecular complexity index is 528. The van der Waals surface area contributed by atoms with Gasteiger partial charge in [-0.3, -0.25) is 15.1 Å². The average molecular weight is 244 g/mol. The van der Waals surface area contributed by atoms with Crippen LogP contribution in [0.4, 0.5) is 11.5 Å². The molecule has 6 heteroatoms. The number of rotatable bonds is 4. The molecule has 6 nitrogen and oxygen atoms in total. The van der Waals surface area contributed by atoms with E-state index in [2.05, 4.69) is 9.97 Å². The molecule has 0 aliphatic rings. The lowest BCUT2D eigenvalue weighted by Crippen LogP contribution is -2.17. The molecule has 2 heterocycles. The zero-order valence-electron chi connectivity index (χ0n) is 9.85. The summed E-state index contributed by atoms with van der Waals surface area (Å²) in [5.41, 5.74) is 1.05. The van der Waals surface area contributed by atoms with E-state index in [1.165, 1.54) is 12.3 Å². The predicted molar refractivity (Wildman–Crippen MR) is 67.2 cm³/mol. The van der Waals surface area contributed by atoms with Crippen LogP contribution in [-0.2, 0) is 6.54 Å². The summed E-state index contributed by atoms with van der Waals surface area (Å²) < 4.78 is 0. The number of hydrogen-bond donors (Lipinski definition) is 0. The van der Waals surface area contributed by atoms with E-state index in [0.29, 0.717) is 12.4 Å². The summed E-state index contributed by atoms with van der Waals surface area (Å²) in [5.74, 6) is 0.685. The van der Waals surface area contributed by atoms with Crippen molar-refractivity contribution in [3.05, 3.63) is 58.5 Å². The van der Waals surface area contributed by atoms with Gasteiger partial charge >= 0.3 is 0 Å². The third kappa shape index (κ3) is 2.79. The summed E-state index contributed by atoms with van der Waals surface area (Å²) in [7, 11) is 1.88. The fourth-order valence-electron chi connectivity index (χ4n) is 1.56. The van der Waals surface area contributed by atoms with Gasteiger partial charge in [0.05, 0.1) is 4.92 Å². The number of hydrogen-bond acceptors (Lipinski definition) is 5. The highest BCUT2D eigenvalue weighted by molar-refractivity contribution is 5.42. The minimum Gasteiger partial charge on any atom is -0.355 e. The molecule has 0 N–H and O–H groups in total. The van der Waals surface area contributed by atoms with Crippen LogP contribution in [0.25, 0.3) is 0 Å². The van der Waals surface area contributed by atoms with Gasteiger partial charge in [-0.05, 0) is 17.7 Å². The first-order valence-electron chi connectivity index (χ1n) is 5.37. The van der Waals surface area contributed by atoms with E-state index < -0.39 is 4.92 Å². The highest BCUT2D eigenvalue weighted by Gasteiger charge is 2.08. The summed E-state index contributed by atoms with van der Waals surface area (Å²) in [6.45, 7) is 0.651. The molecule has 0 aromatic carbocycles. The summed E-state index contributed by atoms with van der Waals surface area (Å²) in [6, 6.07) is 6.91. The van der Waals surface area contributed by atoms with Gasteiger partial charge in [-0.15, -0.1) is 0 Å². The minimum absolute atomic E-state index is 0.00599. The Balaban J connectivity index is 2.09. The number of aromatic nitrogens is 2. The average Bonchev–Trinajstić information content (AvgIpc) is 2.40. The molecule has 92 valence electrons. The van der Waals surface area contributed by atoms with E-state index in [1.807, 2.05) is 24.1 Å². The van der Waals surface area contributed by atoms with Crippen molar-refractivity contribution < 1.29 is 4.92 Å². The molecule has 0 radical (unpaired) electrons. The lowest BCUT2D eigenvalue weighted by atomic mass is 10.2. The van der Waals surface area contributed by atoms with Gasteiger partial charge in [0.25, 0.3) is 5.69 Å². The second kappa shape index (κ2) is 5.22. The summed E-state index contributed by atoms with van der Waals surface area (Å²) in [5, 5.41) is 10.5. The maximum absolute atomic E-state index is 10.5. The Kier molecular flexibility index (Phi) is 3.47. The molecule has 0 saturated heterocycles. The largest absolute Gasteiger partial charge is 0.355 e. The van der Waals surface area contributed by atoms with E-state index in [1.54, 1.807) is 18.5 Å². The van der Waals surface area contributed by atoms with E-state index in [9.17, 15) is 10.1 Å². The van der Waals surface area contributed by atoms with Crippen molar-refractivity contribution >= 4 is 11.5 Å².